The Kier molecular flexibility index (Phi) is 3.11. The number of aromatic amines is 1. The smallest absolute Gasteiger partial charge is 0.330 e. The van der Waals surface area contributed by atoms with Gasteiger partial charge in [-0.3, -0.25) is 14.3 Å². The third kappa shape index (κ3) is 2.03. The van der Waals surface area contributed by atoms with E-state index in [1.165, 1.54) is 6.20 Å². The summed E-state index contributed by atoms with van der Waals surface area (Å²) in [4.78, 5) is 24.5. The number of aliphatic hydroxyl groups is 2. The molecule has 1 fully saturated rings. The molecule has 0 saturated carbocycles. The highest BCUT2D eigenvalue weighted by Crippen LogP contribution is 2.26. The molecular formula is C9H13N3O5. The van der Waals surface area contributed by atoms with Crippen molar-refractivity contribution in [3.05, 3.63) is 33.1 Å². The fourth-order valence-electron chi connectivity index (χ4n) is 1.80. The molecule has 1 aromatic rings. The molecule has 8 heteroatoms. The number of ether oxygens (including phenoxy) is 1. The van der Waals surface area contributed by atoms with Crippen LogP contribution in [0.1, 0.15) is 6.23 Å². The van der Waals surface area contributed by atoms with Gasteiger partial charge in [-0.15, -0.1) is 0 Å². The Morgan fingerprint density at radius 3 is 2.76 bits per heavy atom. The van der Waals surface area contributed by atoms with Crippen LogP contribution in [0.25, 0.3) is 0 Å². The first kappa shape index (κ1) is 12.0. The van der Waals surface area contributed by atoms with E-state index >= 15 is 0 Å². The quantitative estimate of drug-likeness (QED) is 0.441. The van der Waals surface area contributed by atoms with Gasteiger partial charge in [0.15, 0.2) is 6.23 Å². The van der Waals surface area contributed by atoms with E-state index in [0.29, 0.717) is 0 Å². The molecule has 5 N–H and O–H groups in total. The number of nitrogens with one attached hydrogen (secondary N) is 1. The van der Waals surface area contributed by atoms with Crippen molar-refractivity contribution in [1.29, 1.82) is 0 Å². The van der Waals surface area contributed by atoms with Crippen LogP contribution in [0.2, 0.25) is 0 Å². The molecule has 2 heterocycles. The van der Waals surface area contributed by atoms with Gasteiger partial charge in [0, 0.05) is 12.3 Å². The zero-order valence-corrected chi connectivity index (χ0v) is 8.81. The Hall–Kier alpha value is -1.48. The van der Waals surface area contributed by atoms with Crippen molar-refractivity contribution in [1.82, 2.24) is 9.55 Å². The molecule has 8 nitrogen and oxygen atoms in total. The summed E-state index contributed by atoms with van der Waals surface area (Å²) < 4.78 is 6.33. The molecule has 0 bridgehead atoms. The van der Waals surface area contributed by atoms with E-state index < -0.39 is 42.3 Å². The molecule has 1 aromatic heterocycles. The maximum atomic E-state index is 11.5. The van der Waals surface area contributed by atoms with Gasteiger partial charge in [-0.2, -0.15) is 0 Å². The maximum Gasteiger partial charge on any atom is 0.330 e. The second-order valence-corrected chi connectivity index (χ2v) is 3.83. The van der Waals surface area contributed by atoms with Crippen molar-refractivity contribution in [2.75, 3.05) is 6.61 Å². The molecule has 17 heavy (non-hydrogen) atoms. The van der Waals surface area contributed by atoms with Gasteiger partial charge in [-0.05, 0) is 0 Å². The molecular weight excluding hydrogens is 230 g/mol. The standard InChI is InChI=1S/C9H13N3O5/c10-6-7(15)4(3-13)17-8(6)12-2-1-5(14)11-9(12)16/h1-2,4,6-8,13,15H,3,10H2,(H,11,14,16)/t4-,6-,7+,8-/m1/s1. The summed E-state index contributed by atoms with van der Waals surface area (Å²) in [6.45, 7) is -0.399. The van der Waals surface area contributed by atoms with Gasteiger partial charge >= 0.3 is 5.69 Å². The number of aromatic nitrogens is 2. The van der Waals surface area contributed by atoms with Crippen LogP contribution in [-0.2, 0) is 4.74 Å². The zero-order chi connectivity index (χ0) is 12.6. The predicted octanol–water partition coefficient (Wildman–Crippen LogP) is -2.89. The topological polar surface area (TPSA) is 131 Å². The van der Waals surface area contributed by atoms with E-state index in [-0.39, 0.29) is 0 Å². The average Bonchev–Trinajstić information content (AvgIpc) is 2.57. The molecule has 1 saturated heterocycles. The summed E-state index contributed by atoms with van der Waals surface area (Å²) >= 11 is 0. The van der Waals surface area contributed by atoms with Crippen molar-refractivity contribution < 1.29 is 14.9 Å². The van der Waals surface area contributed by atoms with Crippen molar-refractivity contribution in [3.63, 3.8) is 0 Å². The molecule has 1 aliphatic rings. The first-order valence-electron chi connectivity index (χ1n) is 5.06. The number of H-pyrrole nitrogens is 1. The molecule has 0 unspecified atom stereocenters. The lowest BCUT2D eigenvalue weighted by atomic mass is 10.1. The number of nitrogens with two attached hydrogens (primary N) is 1. The SMILES string of the molecule is N[C@@H]1[C@@H](O)[C@@H](CO)O[C@H]1n1ccc(=O)[nH]c1=O. The molecule has 0 aliphatic carbocycles. The Morgan fingerprint density at radius 1 is 1.53 bits per heavy atom. The second kappa shape index (κ2) is 4.41. The normalized spacial score (nSPS) is 32.9. The fraction of sp³-hybridized carbons (Fsp3) is 0.556. The van der Waals surface area contributed by atoms with Crippen LogP contribution in [0.3, 0.4) is 0 Å². The lowest BCUT2D eigenvalue weighted by Crippen LogP contribution is -2.42. The predicted molar refractivity (Wildman–Crippen MR) is 56.3 cm³/mol. The minimum atomic E-state index is -1.07. The van der Waals surface area contributed by atoms with E-state index in [0.717, 1.165) is 10.6 Å². The van der Waals surface area contributed by atoms with Crippen molar-refractivity contribution in [3.8, 4) is 0 Å². The highest BCUT2D eigenvalue weighted by atomic mass is 16.5. The maximum absolute atomic E-state index is 11.5. The molecule has 2 rings (SSSR count). The molecule has 0 spiro atoms. The van der Waals surface area contributed by atoms with Crippen LogP contribution < -0.4 is 17.0 Å². The van der Waals surface area contributed by atoms with E-state index in [1.807, 2.05) is 0 Å². The second-order valence-electron chi connectivity index (χ2n) is 3.83. The monoisotopic (exact) mass is 243 g/mol. The van der Waals surface area contributed by atoms with Crippen LogP contribution in [0.5, 0.6) is 0 Å². The molecule has 0 amide bonds. The van der Waals surface area contributed by atoms with Crippen LogP contribution in [0.4, 0.5) is 0 Å². The minimum absolute atomic E-state index is 0.399. The third-order valence-corrected chi connectivity index (χ3v) is 2.72. The van der Waals surface area contributed by atoms with Crippen LogP contribution in [-0.4, -0.2) is 44.6 Å². The van der Waals surface area contributed by atoms with Crippen LogP contribution >= 0.6 is 0 Å². The fourth-order valence-corrected chi connectivity index (χ4v) is 1.80. The van der Waals surface area contributed by atoms with Crippen molar-refractivity contribution in [2.45, 2.75) is 24.5 Å². The molecule has 0 aromatic carbocycles. The summed E-state index contributed by atoms with van der Waals surface area (Å²) in [6, 6.07) is 0.298. The lowest BCUT2D eigenvalue weighted by molar-refractivity contribution is -0.0465. The molecule has 0 radical (unpaired) electrons. The largest absolute Gasteiger partial charge is 0.394 e. The van der Waals surface area contributed by atoms with Crippen molar-refractivity contribution in [2.24, 2.45) is 5.73 Å². The summed E-state index contributed by atoms with van der Waals surface area (Å²) in [5, 5.41) is 18.6. The summed E-state index contributed by atoms with van der Waals surface area (Å²) in [6.07, 6.45) is -1.58. The van der Waals surface area contributed by atoms with Crippen molar-refractivity contribution >= 4 is 0 Å². The Labute approximate surface area is 95.3 Å². The number of nitrogens with zero attached hydrogens (tertiary/aromatic N) is 1. The minimum Gasteiger partial charge on any atom is -0.394 e. The van der Waals surface area contributed by atoms with Gasteiger partial charge < -0.3 is 20.7 Å². The summed E-state index contributed by atoms with van der Waals surface area (Å²) in [7, 11) is 0. The first-order valence-corrected chi connectivity index (χ1v) is 5.06. The summed E-state index contributed by atoms with van der Waals surface area (Å²) in [5.74, 6) is 0. The number of aliphatic hydroxyl groups excluding tert-OH is 2. The van der Waals surface area contributed by atoms with E-state index in [1.54, 1.807) is 0 Å². The number of hydrogen-bond donors (Lipinski definition) is 4. The van der Waals surface area contributed by atoms with Gasteiger partial charge in [0.05, 0.1) is 12.6 Å². The Balaban J connectivity index is 2.35. The molecule has 4 atom stereocenters. The van der Waals surface area contributed by atoms with E-state index in [2.05, 4.69) is 4.98 Å². The summed E-state index contributed by atoms with van der Waals surface area (Å²) in [5.41, 5.74) is 4.48. The molecule has 1 aliphatic heterocycles. The van der Waals surface area contributed by atoms with Gasteiger partial charge in [0.25, 0.3) is 5.56 Å². The number of hydrogen-bond acceptors (Lipinski definition) is 6. The van der Waals surface area contributed by atoms with Gasteiger partial charge in [-0.25, -0.2) is 4.79 Å². The Bertz CT molecular complexity index is 510. The first-order chi connectivity index (χ1) is 8.04. The van der Waals surface area contributed by atoms with Crippen LogP contribution in [0.15, 0.2) is 21.9 Å². The highest BCUT2D eigenvalue weighted by Gasteiger charge is 2.42. The van der Waals surface area contributed by atoms with E-state index in [9.17, 15) is 14.7 Å². The zero-order valence-electron chi connectivity index (χ0n) is 8.81. The number of rotatable bonds is 2. The Morgan fingerprint density at radius 2 is 2.24 bits per heavy atom. The lowest BCUT2D eigenvalue weighted by Gasteiger charge is -2.17. The average molecular weight is 243 g/mol. The third-order valence-electron chi connectivity index (χ3n) is 2.72. The highest BCUT2D eigenvalue weighted by molar-refractivity contribution is 4.94. The molecule has 94 valence electrons. The van der Waals surface area contributed by atoms with Crippen LogP contribution in [0, 0.1) is 0 Å². The van der Waals surface area contributed by atoms with Gasteiger partial charge in [0.1, 0.15) is 12.2 Å². The van der Waals surface area contributed by atoms with Gasteiger partial charge in [-0.1, -0.05) is 0 Å². The van der Waals surface area contributed by atoms with Gasteiger partial charge in [0.2, 0.25) is 0 Å². The van der Waals surface area contributed by atoms with E-state index in [4.69, 9.17) is 15.6 Å².